The molecule has 4 rings (SSSR count). The van der Waals surface area contributed by atoms with Gasteiger partial charge in [0, 0.05) is 12.2 Å². The van der Waals surface area contributed by atoms with E-state index in [1.165, 1.54) is 20.3 Å². The zero-order valence-corrected chi connectivity index (χ0v) is 16.1. The number of thiophene rings is 1. The summed E-state index contributed by atoms with van der Waals surface area (Å²) in [6.45, 7) is 2.27. The van der Waals surface area contributed by atoms with Crippen LogP contribution >= 0.6 is 11.3 Å². The van der Waals surface area contributed by atoms with Crippen LogP contribution in [0.2, 0.25) is 0 Å². The molecule has 0 atom stereocenters. The van der Waals surface area contributed by atoms with Crippen molar-refractivity contribution in [1.29, 1.82) is 0 Å². The number of hydrogen-bond acceptors (Lipinski definition) is 5. The molecule has 3 heterocycles. The Kier molecular flexibility index (Phi) is 4.82. The molecular weight excluding hydrogens is 378 g/mol. The van der Waals surface area contributed by atoms with Gasteiger partial charge in [0.15, 0.2) is 0 Å². The summed E-state index contributed by atoms with van der Waals surface area (Å²) in [5, 5.41) is 8.83. The lowest BCUT2D eigenvalue weighted by Gasteiger charge is -2.06. The first kappa shape index (κ1) is 18.2. The first-order valence-corrected chi connectivity index (χ1v) is 9.92. The first-order chi connectivity index (χ1) is 13.6. The van der Waals surface area contributed by atoms with Gasteiger partial charge in [-0.1, -0.05) is 31.5 Å². The standard InChI is InChI=1S/C19H19N5O3S/c1-2-3-10-22-17(26)16-14(9-11-28-16)24-18(22)21-23(19(24)27)12-15(25)20-13-7-5-4-6-8-13/h4-9,11H,2-3,10,12H2,1H3,(H,20,25). The molecule has 0 aliphatic rings. The van der Waals surface area contributed by atoms with Gasteiger partial charge in [0.25, 0.3) is 5.56 Å². The van der Waals surface area contributed by atoms with Crippen LogP contribution in [-0.2, 0) is 17.9 Å². The van der Waals surface area contributed by atoms with E-state index in [9.17, 15) is 14.4 Å². The molecule has 1 N–H and O–H groups in total. The van der Waals surface area contributed by atoms with Gasteiger partial charge in [0.05, 0.1) is 5.52 Å². The molecule has 1 amide bonds. The second-order valence-electron chi connectivity index (χ2n) is 6.44. The summed E-state index contributed by atoms with van der Waals surface area (Å²) >= 11 is 1.30. The quantitative estimate of drug-likeness (QED) is 0.541. The number of aryl methyl sites for hydroxylation is 1. The number of para-hydroxylation sites is 1. The van der Waals surface area contributed by atoms with Crippen LogP contribution in [0, 0.1) is 0 Å². The smallest absolute Gasteiger partial charge is 0.324 e. The highest BCUT2D eigenvalue weighted by atomic mass is 32.1. The topological polar surface area (TPSA) is 90.4 Å². The third-order valence-corrected chi connectivity index (χ3v) is 5.37. The number of aromatic nitrogens is 4. The number of unbranched alkanes of at least 4 members (excludes halogenated alkanes) is 1. The van der Waals surface area contributed by atoms with E-state index >= 15 is 0 Å². The molecule has 4 aromatic rings. The van der Waals surface area contributed by atoms with E-state index in [0.29, 0.717) is 22.4 Å². The van der Waals surface area contributed by atoms with E-state index in [2.05, 4.69) is 10.4 Å². The molecule has 0 saturated heterocycles. The highest BCUT2D eigenvalue weighted by molar-refractivity contribution is 7.17. The van der Waals surface area contributed by atoms with E-state index in [-0.39, 0.29) is 23.8 Å². The third kappa shape index (κ3) is 3.13. The van der Waals surface area contributed by atoms with Gasteiger partial charge in [0.2, 0.25) is 11.7 Å². The van der Waals surface area contributed by atoms with Gasteiger partial charge < -0.3 is 5.32 Å². The Bertz CT molecular complexity index is 1270. The number of hydrogen-bond donors (Lipinski definition) is 1. The second kappa shape index (κ2) is 7.43. The van der Waals surface area contributed by atoms with E-state index in [0.717, 1.165) is 17.5 Å². The summed E-state index contributed by atoms with van der Waals surface area (Å²) in [6, 6.07) is 10.7. The monoisotopic (exact) mass is 397 g/mol. The maximum absolute atomic E-state index is 12.9. The lowest BCUT2D eigenvalue weighted by Crippen LogP contribution is -2.29. The lowest BCUT2D eigenvalue weighted by molar-refractivity contribution is -0.117. The van der Waals surface area contributed by atoms with Crippen molar-refractivity contribution in [3.05, 3.63) is 62.6 Å². The molecule has 8 nitrogen and oxygen atoms in total. The number of benzene rings is 1. The average molecular weight is 397 g/mol. The maximum Gasteiger partial charge on any atom is 0.352 e. The number of carbonyl (C=O) groups excluding carboxylic acids is 1. The van der Waals surface area contributed by atoms with Crippen molar-refractivity contribution in [2.75, 3.05) is 5.32 Å². The molecule has 1 aromatic carbocycles. The van der Waals surface area contributed by atoms with Crippen molar-refractivity contribution in [3.63, 3.8) is 0 Å². The number of rotatable bonds is 6. The van der Waals surface area contributed by atoms with E-state index in [1.54, 1.807) is 23.6 Å². The minimum absolute atomic E-state index is 0.156. The summed E-state index contributed by atoms with van der Waals surface area (Å²) in [6.07, 6.45) is 1.70. The van der Waals surface area contributed by atoms with E-state index in [4.69, 9.17) is 0 Å². The largest absolute Gasteiger partial charge is 0.352 e. The molecule has 3 aromatic heterocycles. The highest BCUT2D eigenvalue weighted by Crippen LogP contribution is 2.17. The van der Waals surface area contributed by atoms with Crippen molar-refractivity contribution < 1.29 is 4.79 Å². The van der Waals surface area contributed by atoms with Crippen LogP contribution in [0.1, 0.15) is 19.8 Å². The summed E-state index contributed by atoms with van der Waals surface area (Å²) in [5.74, 6) is -0.0948. The van der Waals surface area contributed by atoms with Gasteiger partial charge >= 0.3 is 5.69 Å². The Balaban J connectivity index is 1.78. The van der Waals surface area contributed by atoms with Gasteiger partial charge in [-0.2, -0.15) is 0 Å². The lowest BCUT2D eigenvalue weighted by atomic mass is 10.3. The molecular formula is C19H19N5O3S. The number of amides is 1. The molecule has 144 valence electrons. The Hall–Kier alpha value is -3.20. The van der Waals surface area contributed by atoms with Crippen LogP contribution in [-0.4, -0.2) is 24.7 Å². The summed E-state index contributed by atoms with van der Waals surface area (Å²) in [5.41, 5.74) is 0.575. The van der Waals surface area contributed by atoms with Crippen LogP contribution in [0.5, 0.6) is 0 Å². The Morgan fingerprint density at radius 2 is 1.96 bits per heavy atom. The zero-order chi connectivity index (χ0) is 19.7. The number of carbonyl (C=O) groups is 1. The van der Waals surface area contributed by atoms with Crippen molar-refractivity contribution in [2.45, 2.75) is 32.9 Å². The molecule has 0 aliphatic heterocycles. The molecule has 0 spiro atoms. The van der Waals surface area contributed by atoms with Crippen molar-refractivity contribution >= 4 is 38.9 Å². The number of nitrogens with zero attached hydrogens (tertiary/aromatic N) is 4. The first-order valence-electron chi connectivity index (χ1n) is 9.04. The van der Waals surface area contributed by atoms with Gasteiger partial charge in [-0.3, -0.25) is 14.2 Å². The minimum atomic E-state index is -0.438. The molecule has 0 aliphatic carbocycles. The number of nitrogens with one attached hydrogen (secondary N) is 1. The molecule has 0 bridgehead atoms. The molecule has 9 heteroatoms. The van der Waals surface area contributed by atoms with Crippen molar-refractivity contribution in [3.8, 4) is 0 Å². The van der Waals surface area contributed by atoms with Crippen molar-refractivity contribution in [1.82, 2.24) is 18.7 Å². The fourth-order valence-corrected chi connectivity index (χ4v) is 3.94. The maximum atomic E-state index is 12.9. The van der Waals surface area contributed by atoms with Crippen LogP contribution in [0.15, 0.2) is 51.4 Å². The second-order valence-corrected chi connectivity index (χ2v) is 7.35. The molecule has 0 radical (unpaired) electrons. The van der Waals surface area contributed by atoms with E-state index < -0.39 is 5.69 Å². The van der Waals surface area contributed by atoms with Crippen LogP contribution in [0.4, 0.5) is 5.69 Å². The summed E-state index contributed by atoms with van der Waals surface area (Å²) in [7, 11) is 0. The number of fused-ring (bicyclic) bond motifs is 3. The molecule has 0 unspecified atom stereocenters. The Labute approximate surface area is 163 Å². The predicted molar refractivity (Wildman–Crippen MR) is 109 cm³/mol. The zero-order valence-electron chi connectivity index (χ0n) is 15.3. The Morgan fingerprint density at radius 3 is 2.71 bits per heavy atom. The summed E-state index contributed by atoms with van der Waals surface area (Å²) in [4.78, 5) is 38.1. The van der Waals surface area contributed by atoms with Gasteiger partial charge in [-0.25, -0.2) is 13.9 Å². The summed E-state index contributed by atoms with van der Waals surface area (Å²) < 4.78 is 4.56. The normalized spacial score (nSPS) is 11.3. The minimum Gasteiger partial charge on any atom is -0.324 e. The number of anilines is 1. The molecule has 28 heavy (non-hydrogen) atoms. The fourth-order valence-electron chi connectivity index (χ4n) is 3.11. The Morgan fingerprint density at radius 1 is 1.18 bits per heavy atom. The van der Waals surface area contributed by atoms with Gasteiger partial charge in [-0.05, 0) is 30.0 Å². The average Bonchev–Trinajstić information content (AvgIpc) is 3.28. The van der Waals surface area contributed by atoms with Crippen LogP contribution < -0.4 is 16.6 Å². The SMILES string of the molecule is CCCCn1c(=O)c2sccc2n2c(=O)n(CC(=O)Nc3ccccc3)nc12. The third-order valence-electron chi connectivity index (χ3n) is 4.47. The predicted octanol–water partition coefficient (Wildman–Crippen LogP) is 2.31. The van der Waals surface area contributed by atoms with Gasteiger partial charge in [-0.15, -0.1) is 16.4 Å². The van der Waals surface area contributed by atoms with E-state index in [1.807, 2.05) is 25.1 Å². The van der Waals surface area contributed by atoms with Crippen LogP contribution in [0.25, 0.3) is 16.0 Å². The fraction of sp³-hybridized carbons (Fsp3) is 0.263. The van der Waals surface area contributed by atoms with Crippen molar-refractivity contribution in [2.24, 2.45) is 0 Å². The molecule has 0 saturated carbocycles. The highest BCUT2D eigenvalue weighted by Gasteiger charge is 2.19. The van der Waals surface area contributed by atoms with Crippen LogP contribution in [0.3, 0.4) is 0 Å². The van der Waals surface area contributed by atoms with Gasteiger partial charge in [0.1, 0.15) is 11.2 Å². The molecule has 0 fully saturated rings.